The molecule has 205 valence electrons. The van der Waals surface area contributed by atoms with Gasteiger partial charge in [-0.05, 0) is 75.6 Å². The Morgan fingerprint density at radius 3 is 2.00 bits per heavy atom. The predicted octanol–water partition coefficient (Wildman–Crippen LogP) is 9.87. The van der Waals surface area contributed by atoms with Crippen LogP contribution in [-0.2, 0) is 20.1 Å². The van der Waals surface area contributed by atoms with Crippen molar-refractivity contribution in [1.29, 1.82) is 0 Å². The van der Waals surface area contributed by atoms with Crippen LogP contribution in [0.15, 0.2) is 146 Å². The standard InChI is InChI=1S/C39H24N3.Ir/c1-2-11-30(12-3-1)41-36-15-6-4-14-32(36)35-25-29(18-20-37(35)41)27-10-8-9-26(23-27)28-17-19-33-34(24-28)31-13-5-7-16-38(31)42-39(33)21-22-40-42;/h1-15,17-25H;/q-1;. The first-order valence-electron chi connectivity index (χ1n) is 14.2. The smallest absolute Gasteiger partial charge is 0.0711 e. The number of benzene rings is 6. The van der Waals surface area contributed by atoms with Crippen molar-refractivity contribution in [3.63, 3.8) is 0 Å². The summed E-state index contributed by atoms with van der Waals surface area (Å²) < 4.78 is 4.35. The summed E-state index contributed by atoms with van der Waals surface area (Å²) >= 11 is 0. The van der Waals surface area contributed by atoms with E-state index in [-0.39, 0.29) is 20.1 Å². The van der Waals surface area contributed by atoms with E-state index in [2.05, 4.69) is 149 Å². The van der Waals surface area contributed by atoms with Gasteiger partial charge < -0.3 is 4.57 Å². The molecular formula is C39H24IrN3-. The molecule has 6 aromatic carbocycles. The second kappa shape index (κ2) is 10.1. The van der Waals surface area contributed by atoms with Crippen LogP contribution in [0.2, 0.25) is 0 Å². The molecule has 0 aliphatic rings. The fourth-order valence-electron chi connectivity index (χ4n) is 6.56. The Bertz CT molecular complexity index is 2470. The number of aromatic nitrogens is 3. The number of rotatable bonds is 3. The maximum atomic E-state index is 4.57. The van der Waals surface area contributed by atoms with Crippen LogP contribution in [0.5, 0.6) is 0 Å². The monoisotopic (exact) mass is 727 g/mol. The zero-order chi connectivity index (χ0) is 27.6. The Morgan fingerprint density at radius 1 is 0.465 bits per heavy atom. The molecule has 9 rings (SSSR count). The minimum Gasteiger partial charge on any atom is -0.309 e. The van der Waals surface area contributed by atoms with Crippen molar-refractivity contribution in [2.24, 2.45) is 0 Å². The van der Waals surface area contributed by atoms with Crippen molar-refractivity contribution in [3.8, 4) is 27.9 Å². The van der Waals surface area contributed by atoms with Gasteiger partial charge in [0, 0.05) is 42.8 Å². The van der Waals surface area contributed by atoms with E-state index < -0.39 is 0 Å². The van der Waals surface area contributed by atoms with Crippen LogP contribution in [0.1, 0.15) is 0 Å². The summed E-state index contributed by atoms with van der Waals surface area (Å²) in [5, 5.41) is 10.7. The van der Waals surface area contributed by atoms with Crippen LogP contribution < -0.4 is 0 Å². The molecule has 4 heteroatoms. The van der Waals surface area contributed by atoms with E-state index in [0.29, 0.717) is 0 Å². The van der Waals surface area contributed by atoms with Gasteiger partial charge in [-0.1, -0.05) is 84.2 Å². The molecule has 0 aliphatic heterocycles. The summed E-state index contributed by atoms with van der Waals surface area (Å²) in [6, 6.07) is 53.5. The molecule has 43 heavy (non-hydrogen) atoms. The van der Waals surface area contributed by atoms with E-state index in [0.717, 1.165) is 16.4 Å². The summed E-state index contributed by atoms with van der Waals surface area (Å²) in [4.78, 5) is 0. The molecule has 3 nitrogen and oxygen atoms in total. The average molecular weight is 727 g/mol. The summed E-state index contributed by atoms with van der Waals surface area (Å²) in [7, 11) is 0. The molecule has 1 radical (unpaired) electrons. The Hall–Kier alpha value is -5.02. The molecule has 9 aromatic rings. The van der Waals surface area contributed by atoms with Gasteiger partial charge in [0.05, 0.1) is 16.6 Å². The first-order valence-corrected chi connectivity index (χ1v) is 14.2. The number of pyridine rings is 1. The molecule has 0 spiro atoms. The van der Waals surface area contributed by atoms with Crippen molar-refractivity contribution in [3.05, 3.63) is 152 Å². The molecule has 3 heterocycles. The summed E-state index contributed by atoms with van der Waals surface area (Å²) in [5.74, 6) is 0. The Kier molecular flexibility index (Phi) is 6.01. The Labute approximate surface area is 262 Å². The van der Waals surface area contributed by atoms with Gasteiger partial charge in [0.25, 0.3) is 0 Å². The zero-order valence-electron chi connectivity index (χ0n) is 23.0. The number of nitrogens with zero attached hydrogens (tertiary/aromatic N) is 3. The molecule has 0 amide bonds. The third-order valence-electron chi connectivity index (χ3n) is 8.49. The minimum atomic E-state index is 0. The van der Waals surface area contributed by atoms with Gasteiger partial charge in [-0.25, -0.2) is 0 Å². The summed E-state index contributed by atoms with van der Waals surface area (Å²) in [6.07, 6.45) is 1.86. The first kappa shape index (κ1) is 25.7. The van der Waals surface area contributed by atoms with Crippen LogP contribution in [0, 0.1) is 6.07 Å². The van der Waals surface area contributed by atoms with E-state index in [1.54, 1.807) is 0 Å². The fourth-order valence-corrected chi connectivity index (χ4v) is 6.56. The van der Waals surface area contributed by atoms with Gasteiger partial charge in [0.15, 0.2) is 0 Å². The van der Waals surface area contributed by atoms with Crippen molar-refractivity contribution < 1.29 is 20.1 Å². The molecule has 0 N–H and O–H groups in total. The zero-order valence-corrected chi connectivity index (χ0v) is 25.4. The van der Waals surface area contributed by atoms with Gasteiger partial charge in [-0.15, -0.1) is 5.39 Å². The number of hydrogen-bond acceptors (Lipinski definition) is 1. The SMILES string of the molecule is [Ir].[c-]1cccc2c3cc(-c4cccc(-c5ccc6c(c5)c5ccccc5n6-c5ccccc5)c4)ccc3c3ccnn3c12. The van der Waals surface area contributed by atoms with Gasteiger partial charge in [-0.3, -0.25) is 4.52 Å². The van der Waals surface area contributed by atoms with Gasteiger partial charge in [-0.2, -0.15) is 29.4 Å². The van der Waals surface area contributed by atoms with E-state index in [1.807, 2.05) is 16.8 Å². The van der Waals surface area contributed by atoms with E-state index in [9.17, 15) is 0 Å². The maximum absolute atomic E-state index is 4.57. The molecule has 0 fully saturated rings. The minimum absolute atomic E-state index is 0. The van der Waals surface area contributed by atoms with E-state index in [1.165, 1.54) is 60.5 Å². The van der Waals surface area contributed by atoms with Crippen LogP contribution in [0.3, 0.4) is 0 Å². The predicted molar refractivity (Wildman–Crippen MR) is 174 cm³/mol. The number of fused-ring (bicyclic) bond motifs is 9. The van der Waals surface area contributed by atoms with Crippen molar-refractivity contribution in [1.82, 2.24) is 14.2 Å². The Balaban J connectivity index is 0.00000278. The van der Waals surface area contributed by atoms with Crippen molar-refractivity contribution in [2.75, 3.05) is 0 Å². The molecular weight excluding hydrogens is 703 g/mol. The Morgan fingerprint density at radius 2 is 1.14 bits per heavy atom. The first-order chi connectivity index (χ1) is 20.8. The maximum Gasteiger partial charge on any atom is 0.0711 e. The van der Waals surface area contributed by atoms with Crippen LogP contribution >= 0.6 is 0 Å². The van der Waals surface area contributed by atoms with Crippen LogP contribution in [0.25, 0.3) is 76.9 Å². The molecule has 0 saturated heterocycles. The van der Waals surface area contributed by atoms with Crippen LogP contribution in [0.4, 0.5) is 0 Å². The van der Waals surface area contributed by atoms with Gasteiger partial charge >= 0.3 is 0 Å². The third kappa shape index (κ3) is 3.95. The van der Waals surface area contributed by atoms with Crippen molar-refractivity contribution >= 4 is 49.0 Å². The largest absolute Gasteiger partial charge is 0.309 e. The normalized spacial score (nSPS) is 11.5. The molecule has 0 bridgehead atoms. The summed E-state index contributed by atoms with van der Waals surface area (Å²) in [5.41, 5.74) is 10.5. The topological polar surface area (TPSA) is 22.2 Å². The second-order valence-electron chi connectivity index (χ2n) is 10.8. The quantitative estimate of drug-likeness (QED) is 0.131. The average Bonchev–Trinajstić information content (AvgIpc) is 3.69. The fraction of sp³-hybridized carbons (Fsp3) is 0. The van der Waals surface area contributed by atoms with E-state index >= 15 is 0 Å². The number of para-hydroxylation sites is 3. The van der Waals surface area contributed by atoms with Gasteiger partial charge in [0.1, 0.15) is 0 Å². The van der Waals surface area contributed by atoms with Gasteiger partial charge in [0.2, 0.25) is 0 Å². The summed E-state index contributed by atoms with van der Waals surface area (Å²) in [6.45, 7) is 0. The third-order valence-corrected chi connectivity index (χ3v) is 8.49. The van der Waals surface area contributed by atoms with E-state index in [4.69, 9.17) is 0 Å². The molecule has 0 atom stereocenters. The molecule has 3 aromatic heterocycles. The molecule has 0 saturated carbocycles. The van der Waals surface area contributed by atoms with Crippen molar-refractivity contribution in [2.45, 2.75) is 0 Å². The second-order valence-corrected chi connectivity index (χ2v) is 10.8. The molecule has 0 aliphatic carbocycles. The molecule has 0 unspecified atom stereocenters. The van der Waals surface area contributed by atoms with Crippen LogP contribution in [-0.4, -0.2) is 14.2 Å². The number of hydrogen-bond donors (Lipinski definition) is 0.